The second-order valence-corrected chi connectivity index (χ2v) is 11.8. The Morgan fingerprint density at radius 3 is 2.16 bits per heavy atom. The molecule has 192 valence electrons. The minimum absolute atomic E-state index is 0.140. The molecule has 2 heterocycles. The van der Waals surface area contributed by atoms with Gasteiger partial charge in [-0.15, -0.1) is 11.3 Å². The van der Waals surface area contributed by atoms with Crippen LogP contribution in [-0.2, 0) is 10.0 Å². The number of benzene rings is 3. The van der Waals surface area contributed by atoms with Gasteiger partial charge >= 0.3 is 0 Å². The first-order chi connectivity index (χ1) is 18.2. The Hall–Kier alpha value is -4.06. The highest BCUT2D eigenvalue weighted by Crippen LogP contribution is 2.40. The number of carbonyl (C=O) groups is 1. The van der Waals surface area contributed by atoms with Gasteiger partial charge in [-0.05, 0) is 47.5 Å². The fourth-order valence-corrected chi connectivity index (χ4v) is 6.84. The maximum Gasteiger partial charge on any atom is 0.274 e. The highest BCUT2D eigenvalue weighted by Gasteiger charge is 2.48. The first kappa shape index (κ1) is 25.6. The summed E-state index contributed by atoms with van der Waals surface area (Å²) in [4.78, 5) is 23.7. The van der Waals surface area contributed by atoms with E-state index >= 15 is 0 Å². The van der Waals surface area contributed by atoms with Crippen molar-refractivity contribution in [2.75, 3.05) is 5.01 Å². The van der Waals surface area contributed by atoms with Gasteiger partial charge in [0.25, 0.3) is 11.6 Å². The summed E-state index contributed by atoms with van der Waals surface area (Å²) in [5.41, 5.74) is 1.65. The molecule has 0 bridgehead atoms. The van der Waals surface area contributed by atoms with Crippen molar-refractivity contribution in [1.29, 1.82) is 0 Å². The first-order valence-corrected chi connectivity index (χ1v) is 14.0. The monoisotopic (exact) mass is 566 g/mol. The highest BCUT2D eigenvalue weighted by molar-refractivity contribution is 7.91. The second-order valence-electron chi connectivity index (χ2n) is 8.33. The van der Waals surface area contributed by atoms with Gasteiger partial charge in [-0.25, -0.2) is 13.1 Å². The van der Waals surface area contributed by atoms with Crippen LogP contribution < -0.4 is 9.73 Å². The van der Waals surface area contributed by atoms with Crippen molar-refractivity contribution >= 4 is 56.0 Å². The Labute approximate surface area is 227 Å². The van der Waals surface area contributed by atoms with Gasteiger partial charge in [0, 0.05) is 12.1 Å². The molecular formula is C26H19ClN4O5S2. The number of hydrogen-bond acceptors (Lipinski definition) is 8. The fraction of sp³-hybridized carbons (Fsp3) is 0.0769. The van der Waals surface area contributed by atoms with Gasteiger partial charge in [0.15, 0.2) is 5.25 Å². The molecular weight excluding hydrogens is 548 g/mol. The van der Waals surface area contributed by atoms with Crippen molar-refractivity contribution in [1.82, 2.24) is 4.72 Å². The van der Waals surface area contributed by atoms with Crippen LogP contribution in [0.4, 0.5) is 11.4 Å². The number of nitro groups is 1. The van der Waals surface area contributed by atoms with E-state index < -0.39 is 32.1 Å². The molecule has 0 aliphatic carbocycles. The summed E-state index contributed by atoms with van der Waals surface area (Å²) < 4.78 is 30.5. The van der Waals surface area contributed by atoms with Gasteiger partial charge in [0.2, 0.25) is 10.0 Å². The lowest BCUT2D eigenvalue weighted by Gasteiger charge is -2.28. The molecule has 1 aliphatic rings. The Morgan fingerprint density at radius 2 is 1.58 bits per heavy atom. The Bertz CT molecular complexity index is 1630. The van der Waals surface area contributed by atoms with E-state index in [-0.39, 0.29) is 16.3 Å². The summed E-state index contributed by atoms with van der Waals surface area (Å²) in [5.74, 6) is -0.810. The number of anilines is 1. The number of halogens is 1. The van der Waals surface area contributed by atoms with Crippen molar-refractivity contribution in [2.45, 2.75) is 11.3 Å². The number of thiophene rings is 1. The first-order valence-electron chi connectivity index (χ1n) is 11.3. The van der Waals surface area contributed by atoms with Crippen molar-refractivity contribution < 1.29 is 18.1 Å². The zero-order chi connectivity index (χ0) is 26.9. The van der Waals surface area contributed by atoms with Gasteiger partial charge in [0.05, 0.1) is 25.5 Å². The maximum atomic E-state index is 14.0. The lowest BCUT2D eigenvalue weighted by atomic mass is 9.97. The van der Waals surface area contributed by atoms with E-state index in [9.17, 15) is 23.3 Å². The van der Waals surface area contributed by atoms with E-state index in [4.69, 9.17) is 16.7 Å². The fourth-order valence-electron chi connectivity index (χ4n) is 4.25. The average Bonchev–Trinajstić information content (AvgIpc) is 3.54. The van der Waals surface area contributed by atoms with E-state index in [1.54, 1.807) is 41.4 Å². The molecule has 1 N–H and O–H groups in total. The van der Waals surface area contributed by atoms with Gasteiger partial charge < -0.3 is 0 Å². The maximum absolute atomic E-state index is 14.0. The third-order valence-electron chi connectivity index (χ3n) is 5.94. The van der Waals surface area contributed by atoms with Crippen LogP contribution in [0.1, 0.15) is 26.8 Å². The molecule has 3 aromatic carbocycles. The Kier molecular flexibility index (Phi) is 6.98. The number of non-ortho nitro benzene ring substituents is 1. The number of nitrogens with one attached hydrogen (secondary N) is 1. The molecule has 0 saturated carbocycles. The third-order valence-corrected chi connectivity index (χ3v) is 8.79. The second kappa shape index (κ2) is 10.4. The third kappa shape index (κ3) is 5.03. The van der Waals surface area contributed by atoms with Crippen molar-refractivity contribution in [3.05, 3.63) is 128 Å². The number of sulfonamides is 1. The number of hydrazone groups is 1. The minimum atomic E-state index is -4.40. The predicted octanol–water partition coefficient (Wildman–Crippen LogP) is 5.40. The molecule has 9 nitrogen and oxygen atoms in total. The van der Waals surface area contributed by atoms with Gasteiger partial charge in [-0.1, -0.05) is 60.1 Å². The summed E-state index contributed by atoms with van der Waals surface area (Å²) in [5, 5.41) is 16.2. The highest BCUT2D eigenvalue weighted by atomic mass is 35.5. The molecule has 0 saturated heterocycles. The SMILES string of the molecule is O=C(NS(=O)(=O)C1C(c2ccc([N+](=O)[O-])cc2)=NN(c2ccccc2)C1c1ccccc1)c1ccc(Cl)s1. The molecule has 38 heavy (non-hydrogen) atoms. The lowest BCUT2D eigenvalue weighted by Crippen LogP contribution is -2.45. The van der Waals surface area contributed by atoms with Crippen molar-refractivity contribution in [3.63, 3.8) is 0 Å². The summed E-state index contributed by atoms with van der Waals surface area (Å²) in [6, 6.07) is 25.6. The van der Waals surface area contributed by atoms with Crippen LogP contribution >= 0.6 is 22.9 Å². The van der Waals surface area contributed by atoms with Crippen LogP contribution in [-0.4, -0.2) is 30.2 Å². The molecule has 1 amide bonds. The minimum Gasteiger partial charge on any atom is -0.267 e. The van der Waals surface area contributed by atoms with E-state index in [1.165, 1.54) is 36.4 Å². The summed E-state index contributed by atoms with van der Waals surface area (Å²) in [7, 11) is -4.40. The molecule has 2 unspecified atom stereocenters. The van der Waals surface area contributed by atoms with Crippen LogP contribution in [0.5, 0.6) is 0 Å². The van der Waals surface area contributed by atoms with Gasteiger partial charge in [-0.3, -0.25) is 19.9 Å². The number of rotatable bonds is 7. The van der Waals surface area contributed by atoms with Crippen LogP contribution in [0.25, 0.3) is 0 Å². The molecule has 0 radical (unpaired) electrons. The molecule has 12 heteroatoms. The standard InChI is InChI=1S/C26H19ClN4O5S2/c27-22-16-15-21(37-22)26(32)29-38(35,36)25-23(17-11-13-20(14-12-17)31(33)34)28-30(19-9-5-2-6-10-19)24(25)18-7-3-1-4-8-18/h1-16,24-25H,(H,29,32). The van der Waals surface area contributed by atoms with Crippen molar-refractivity contribution in [3.8, 4) is 0 Å². The van der Waals surface area contributed by atoms with Gasteiger partial charge in [0.1, 0.15) is 6.04 Å². The molecule has 1 aromatic heterocycles. The quantitative estimate of drug-likeness (QED) is 0.236. The largest absolute Gasteiger partial charge is 0.274 e. The van der Waals surface area contributed by atoms with Crippen molar-refractivity contribution in [2.24, 2.45) is 5.10 Å². The van der Waals surface area contributed by atoms with Crippen LogP contribution in [0, 0.1) is 10.1 Å². The summed E-state index contributed by atoms with van der Waals surface area (Å²) in [6.45, 7) is 0. The topological polar surface area (TPSA) is 122 Å². The van der Waals surface area contributed by atoms with E-state index in [0.29, 0.717) is 21.2 Å². The van der Waals surface area contributed by atoms with E-state index in [2.05, 4.69) is 4.72 Å². The Balaban J connectivity index is 1.65. The molecule has 1 aliphatic heterocycles. The number of nitrogens with zero attached hydrogens (tertiary/aromatic N) is 3. The smallest absolute Gasteiger partial charge is 0.267 e. The lowest BCUT2D eigenvalue weighted by molar-refractivity contribution is -0.384. The van der Waals surface area contributed by atoms with Gasteiger partial charge in [-0.2, -0.15) is 5.10 Å². The predicted molar refractivity (Wildman–Crippen MR) is 147 cm³/mol. The number of amides is 1. The molecule has 5 rings (SSSR count). The zero-order valence-corrected chi connectivity index (χ0v) is 21.9. The van der Waals surface area contributed by atoms with Crippen LogP contribution in [0.2, 0.25) is 4.34 Å². The number of nitro benzene ring substituents is 1. The molecule has 4 aromatic rings. The number of hydrogen-bond donors (Lipinski definition) is 1. The van der Waals surface area contributed by atoms with Crippen LogP contribution in [0.15, 0.2) is 102 Å². The van der Waals surface area contributed by atoms with E-state index in [1.807, 2.05) is 24.3 Å². The normalized spacial score (nSPS) is 17.2. The Morgan fingerprint density at radius 1 is 0.947 bits per heavy atom. The van der Waals surface area contributed by atoms with Crippen LogP contribution in [0.3, 0.4) is 0 Å². The molecule has 0 fully saturated rings. The summed E-state index contributed by atoms with van der Waals surface area (Å²) >= 11 is 6.91. The average molecular weight is 567 g/mol. The van der Waals surface area contributed by atoms with E-state index in [0.717, 1.165) is 11.3 Å². The zero-order valence-electron chi connectivity index (χ0n) is 19.5. The summed E-state index contributed by atoms with van der Waals surface area (Å²) in [6.07, 6.45) is 0. The number of para-hydroxylation sites is 1. The molecule has 2 atom stereocenters. The number of carbonyl (C=O) groups excluding carboxylic acids is 1. The molecule has 0 spiro atoms.